The molecule has 1 aromatic carbocycles. The first kappa shape index (κ1) is 20.2. The molecule has 31 heavy (non-hydrogen) atoms. The van der Waals surface area contributed by atoms with Crippen molar-refractivity contribution in [3.8, 4) is 5.69 Å². The first-order chi connectivity index (χ1) is 14.9. The molecular weight excluding hydrogens is 398 g/mol. The summed E-state index contributed by atoms with van der Waals surface area (Å²) in [7, 11) is 1.24. The molecule has 0 spiro atoms. The van der Waals surface area contributed by atoms with Crippen LogP contribution in [0.5, 0.6) is 0 Å². The molecule has 0 saturated carbocycles. The summed E-state index contributed by atoms with van der Waals surface area (Å²) in [5.74, 6) is -0.805. The molecule has 0 radical (unpaired) electrons. The van der Waals surface area contributed by atoms with Gasteiger partial charge < -0.3 is 19.0 Å². The maximum atomic E-state index is 12.8. The van der Waals surface area contributed by atoms with Crippen molar-refractivity contribution < 1.29 is 23.5 Å². The molecule has 0 unspecified atom stereocenters. The van der Waals surface area contributed by atoms with E-state index in [4.69, 9.17) is 4.42 Å². The Bertz CT molecular complexity index is 1220. The predicted molar refractivity (Wildman–Crippen MR) is 112 cm³/mol. The van der Waals surface area contributed by atoms with Crippen molar-refractivity contribution in [3.63, 3.8) is 0 Å². The van der Waals surface area contributed by atoms with E-state index in [9.17, 15) is 14.4 Å². The van der Waals surface area contributed by atoms with Gasteiger partial charge in [0.15, 0.2) is 0 Å². The van der Waals surface area contributed by atoms with E-state index in [1.54, 1.807) is 6.08 Å². The number of amides is 3. The van der Waals surface area contributed by atoms with Crippen LogP contribution in [0.1, 0.15) is 33.1 Å². The molecule has 0 aliphatic carbocycles. The fourth-order valence-electron chi connectivity index (χ4n) is 3.31. The van der Waals surface area contributed by atoms with Crippen LogP contribution in [-0.4, -0.2) is 34.5 Å². The number of nitrogens with zero attached hydrogens (tertiary/aromatic N) is 2. The van der Waals surface area contributed by atoms with Crippen molar-refractivity contribution in [2.75, 3.05) is 7.11 Å². The monoisotopic (exact) mass is 419 g/mol. The topological polar surface area (TPSA) is 93.8 Å². The highest BCUT2D eigenvalue weighted by molar-refractivity contribution is 6.13. The van der Waals surface area contributed by atoms with E-state index in [1.165, 1.54) is 24.8 Å². The normalized spacial score (nSPS) is 14.9. The number of aryl methyl sites for hydroxylation is 2. The highest BCUT2D eigenvalue weighted by Crippen LogP contribution is 2.22. The largest absolute Gasteiger partial charge is 0.463 e. The van der Waals surface area contributed by atoms with Gasteiger partial charge in [0.05, 0.1) is 13.7 Å². The Kier molecular flexibility index (Phi) is 5.21. The standard InChI is InChI=1S/C23H21N3O5/c1-14-6-7-17(11-15(14)2)25-10-4-5-16(25)12-19-21(27)26(23(29)24-19)13-18-8-9-20(31-18)22(28)30-3/h4-12H,13H2,1-3H3,(H,24,29)/b19-12-. The summed E-state index contributed by atoms with van der Waals surface area (Å²) >= 11 is 0. The number of methoxy groups -OCH3 is 1. The molecule has 1 fully saturated rings. The summed E-state index contributed by atoms with van der Waals surface area (Å²) in [6.45, 7) is 3.99. The first-order valence-electron chi connectivity index (χ1n) is 9.64. The SMILES string of the molecule is COC(=O)c1ccc(CN2C(=O)N/C(=C\c3cccn3-c3ccc(C)c(C)c3)C2=O)o1. The van der Waals surface area contributed by atoms with E-state index < -0.39 is 17.9 Å². The van der Waals surface area contributed by atoms with Gasteiger partial charge in [-0.3, -0.25) is 9.69 Å². The van der Waals surface area contributed by atoms with Crippen LogP contribution in [0.25, 0.3) is 11.8 Å². The van der Waals surface area contributed by atoms with Gasteiger partial charge in [0.1, 0.15) is 11.5 Å². The summed E-state index contributed by atoms with van der Waals surface area (Å²) in [6.07, 6.45) is 3.53. The maximum Gasteiger partial charge on any atom is 0.373 e. The number of urea groups is 1. The van der Waals surface area contributed by atoms with Gasteiger partial charge in [-0.05, 0) is 67.4 Å². The van der Waals surface area contributed by atoms with Gasteiger partial charge in [-0.15, -0.1) is 0 Å². The Hall–Kier alpha value is -4.07. The van der Waals surface area contributed by atoms with Gasteiger partial charge in [0.25, 0.3) is 5.91 Å². The molecule has 8 heteroatoms. The Balaban J connectivity index is 1.57. The second kappa shape index (κ2) is 7.98. The van der Waals surface area contributed by atoms with Crippen LogP contribution in [-0.2, 0) is 16.1 Å². The number of rotatable bonds is 5. The lowest BCUT2D eigenvalue weighted by Gasteiger charge is -2.10. The minimum Gasteiger partial charge on any atom is -0.463 e. The van der Waals surface area contributed by atoms with Crippen LogP contribution in [0.3, 0.4) is 0 Å². The number of hydrogen-bond acceptors (Lipinski definition) is 5. The van der Waals surface area contributed by atoms with Gasteiger partial charge in [-0.1, -0.05) is 6.07 Å². The van der Waals surface area contributed by atoms with Gasteiger partial charge >= 0.3 is 12.0 Å². The average molecular weight is 419 g/mol. The third kappa shape index (κ3) is 3.87. The second-order valence-electron chi connectivity index (χ2n) is 7.21. The van der Waals surface area contributed by atoms with Gasteiger partial charge in [-0.25, -0.2) is 9.59 Å². The quantitative estimate of drug-likeness (QED) is 0.388. The van der Waals surface area contributed by atoms with Crippen molar-refractivity contribution >= 4 is 24.0 Å². The number of esters is 1. The van der Waals surface area contributed by atoms with E-state index in [1.807, 2.05) is 48.9 Å². The zero-order valence-electron chi connectivity index (χ0n) is 17.3. The Morgan fingerprint density at radius 1 is 1.13 bits per heavy atom. The number of carbonyl (C=O) groups is 3. The van der Waals surface area contributed by atoms with E-state index >= 15 is 0 Å². The van der Waals surface area contributed by atoms with Gasteiger partial charge in [-0.2, -0.15) is 0 Å². The number of ether oxygens (including phenoxy) is 1. The first-order valence-corrected chi connectivity index (χ1v) is 9.64. The van der Waals surface area contributed by atoms with Crippen molar-refractivity contribution in [1.82, 2.24) is 14.8 Å². The van der Waals surface area contributed by atoms with Crippen LogP contribution < -0.4 is 5.32 Å². The summed E-state index contributed by atoms with van der Waals surface area (Å²) < 4.78 is 11.9. The Morgan fingerprint density at radius 3 is 2.68 bits per heavy atom. The number of hydrogen-bond donors (Lipinski definition) is 1. The summed E-state index contributed by atoms with van der Waals surface area (Å²) in [6, 6.07) is 12.2. The summed E-state index contributed by atoms with van der Waals surface area (Å²) in [5.41, 5.74) is 4.22. The molecule has 1 aliphatic rings. The fraction of sp³-hybridized carbons (Fsp3) is 0.174. The van der Waals surface area contributed by atoms with Gasteiger partial charge in [0, 0.05) is 17.6 Å². The summed E-state index contributed by atoms with van der Waals surface area (Å²) in [4.78, 5) is 37.7. The maximum absolute atomic E-state index is 12.8. The molecule has 3 heterocycles. The van der Waals surface area contributed by atoms with Crippen LogP contribution >= 0.6 is 0 Å². The summed E-state index contributed by atoms with van der Waals surface area (Å²) in [5, 5.41) is 2.60. The molecular formula is C23H21N3O5. The minimum absolute atomic E-state index is 0.00605. The van der Waals surface area contributed by atoms with Crippen LogP contribution in [0, 0.1) is 13.8 Å². The number of aromatic nitrogens is 1. The number of imide groups is 1. The zero-order valence-corrected chi connectivity index (χ0v) is 17.3. The molecule has 3 aromatic rings. The number of benzene rings is 1. The Labute approximate surface area is 178 Å². The lowest BCUT2D eigenvalue weighted by atomic mass is 10.1. The Morgan fingerprint density at radius 2 is 1.94 bits per heavy atom. The molecule has 1 aliphatic heterocycles. The van der Waals surface area contributed by atoms with Crippen LogP contribution in [0.4, 0.5) is 4.79 Å². The van der Waals surface area contributed by atoms with Crippen LogP contribution in [0.15, 0.2) is 58.8 Å². The second-order valence-corrected chi connectivity index (χ2v) is 7.21. The minimum atomic E-state index is -0.629. The lowest BCUT2D eigenvalue weighted by molar-refractivity contribution is -0.123. The van der Waals surface area contributed by atoms with Gasteiger partial charge in [0.2, 0.25) is 5.76 Å². The fourth-order valence-corrected chi connectivity index (χ4v) is 3.31. The third-order valence-corrected chi connectivity index (χ3v) is 5.17. The number of nitrogens with one attached hydrogen (secondary N) is 1. The van der Waals surface area contributed by atoms with E-state index in [-0.39, 0.29) is 18.0 Å². The van der Waals surface area contributed by atoms with Crippen molar-refractivity contribution in [2.24, 2.45) is 0 Å². The van der Waals surface area contributed by atoms with E-state index in [0.29, 0.717) is 5.76 Å². The van der Waals surface area contributed by atoms with Crippen molar-refractivity contribution in [1.29, 1.82) is 0 Å². The highest BCUT2D eigenvalue weighted by Gasteiger charge is 2.34. The molecule has 0 atom stereocenters. The third-order valence-electron chi connectivity index (χ3n) is 5.17. The highest BCUT2D eigenvalue weighted by atomic mass is 16.5. The number of furan rings is 1. The van der Waals surface area contributed by atoms with Crippen molar-refractivity contribution in [3.05, 3.63) is 82.7 Å². The molecule has 8 nitrogen and oxygen atoms in total. The zero-order chi connectivity index (χ0) is 22.1. The van der Waals surface area contributed by atoms with Crippen molar-refractivity contribution in [2.45, 2.75) is 20.4 Å². The molecule has 2 aromatic heterocycles. The molecule has 4 rings (SSSR count). The average Bonchev–Trinajstić information content (AvgIpc) is 3.47. The van der Waals surface area contributed by atoms with Crippen LogP contribution in [0.2, 0.25) is 0 Å². The molecule has 1 N–H and O–H groups in total. The smallest absolute Gasteiger partial charge is 0.373 e. The van der Waals surface area contributed by atoms with E-state index in [0.717, 1.165) is 21.8 Å². The molecule has 3 amide bonds. The predicted octanol–water partition coefficient (Wildman–Crippen LogP) is 3.57. The lowest BCUT2D eigenvalue weighted by Crippen LogP contribution is -2.30. The van der Waals surface area contributed by atoms with E-state index in [2.05, 4.69) is 16.1 Å². The molecule has 0 bridgehead atoms. The molecule has 158 valence electrons. The number of carbonyl (C=O) groups excluding carboxylic acids is 3. The molecule has 1 saturated heterocycles.